The first kappa shape index (κ1) is 21.3. The molecule has 2 aromatic carbocycles. The van der Waals surface area contributed by atoms with Gasteiger partial charge in [0.15, 0.2) is 0 Å². The van der Waals surface area contributed by atoms with E-state index >= 15 is 0 Å². The first-order chi connectivity index (χ1) is 15.1. The number of aromatic hydroxyl groups is 1. The van der Waals surface area contributed by atoms with Crippen LogP contribution in [0, 0.1) is 0 Å². The van der Waals surface area contributed by atoms with Crippen molar-refractivity contribution in [1.29, 1.82) is 0 Å². The van der Waals surface area contributed by atoms with E-state index in [0.717, 1.165) is 38.9 Å². The maximum absolute atomic E-state index is 12.9. The molecule has 10 heteroatoms. The number of pyridine rings is 1. The van der Waals surface area contributed by atoms with E-state index in [1.54, 1.807) is 12.3 Å². The van der Waals surface area contributed by atoms with Crippen LogP contribution in [0.25, 0.3) is 16.6 Å². The van der Waals surface area contributed by atoms with Gasteiger partial charge in [-0.25, -0.2) is 9.36 Å². The van der Waals surface area contributed by atoms with Gasteiger partial charge in [-0.3, -0.25) is 9.55 Å². The van der Waals surface area contributed by atoms with Crippen molar-refractivity contribution >= 4 is 16.6 Å². The van der Waals surface area contributed by atoms with Crippen LogP contribution in [0.2, 0.25) is 0 Å². The Kier molecular flexibility index (Phi) is 5.29. The Morgan fingerprint density at radius 3 is 2.47 bits per heavy atom. The fourth-order valence-electron chi connectivity index (χ4n) is 3.43. The van der Waals surface area contributed by atoms with Gasteiger partial charge in [0.05, 0.1) is 23.9 Å². The molecule has 0 bridgehead atoms. The van der Waals surface area contributed by atoms with Crippen LogP contribution in [0.1, 0.15) is 5.56 Å². The quantitative estimate of drug-likeness (QED) is 0.506. The minimum atomic E-state index is -4.82. The molecule has 1 N–H and O–H groups in total. The lowest BCUT2D eigenvalue weighted by molar-refractivity contribution is -0.274. The summed E-state index contributed by atoms with van der Waals surface area (Å²) in [5, 5.41) is 11.2. The van der Waals surface area contributed by atoms with Crippen molar-refractivity contribution in [2.75, 3.05) is 19.0 Å². The summed E-state index contributed by atoms with van der Waals surface area (Å²) in [6, 6.07) is 12.3. The molecule has 0 spiro atoms. The third kappa shape index (κ3) is 4.25. The molecule has 0 aliphatic rings. The number of aromatic nitrogens is 3. The van der Waals surface area contributed by atoms with Gasteiger partial charge in [-0.2, -0.15) is 0 Å². The summed E-state index contributed by atoms with van der Waals surface area (Å²) in [7, 11) is 3.86. The van der Waals surface area contributed by atoms with Gasteiger partial charge in [-0.15, -0.1) is 13.2 Å². The lowest BCUT2D eigenvalue weighted by Crippen LogP contribution is -2.23. The number of nitrogens with zero attached hydrogens (tertiary/aromatic N) is 4. The van der Waals surface area contributed by atoms with Crippen molar-refractivity contribution in [2.24, 2.45) is 0 Å². The van der Waals surface area contributed by atoms with E-state index in [1.165, 1.54) is 22.9 Å². The molecule has 0 amide bonds. The molecule has 0 fully saturated rings. The highest BCUT2D eigenvalue weighted by Gasteiger charge is 2.31. The van der Waals surface area contributed by atoms with Gasteiger partial charge in [-0.1, -0.05) is 6.07 Å². The largest absolute Gasteiger partial charge is 0.573 e. The van der Waals surface area contributed by atoms with Crippen LogP contribution in [0.4, 0.5) is 18.9 Å². The summed E-state index contributed by atoms with van der Waals surface area (Å²) < 4.78 is 43.2. The Bertz CT molecular complexity index is 1330. The average Bonchev–Trinajstić information content (AvgIpc) is 3.00. The summed E-state index contributed by atoms with van der Waals surface area (Å²) in [6.45, 7) is 0.176. The molecule has 0 aliphatic carbocycles. The van der Waals surface area contributed by atoms with Crippen LogP contribution >= 0.6 is 0 Å². The Morgan fingerprint density at radius 1 is 1.09 bits per heavy atom. The van der Waals surface area contributed by atoms with Crippen LogP contribution in [-0.4, -0.2) is 39.7 Å². The molecule has 0 aliphatic heterocycles. The lowest BCUT2D eigenvalue weighted by Gasteiger charge is -2.14. The predicted octanol–water partition coefficient (Wildman–Crippen LogP) is 3.91. The minimum Gasteiger partial charge on any atom is -0.493 e. The summed E-state index contributed by atoms with van der Waals surface area (Å²) in [5.74, 6) is -0.763. The normalized spacial score (nSPS) is 11.7. The smallest absolute Gasteiger partial charge is 0.493 e. The Labute approximate surface area is 180 Å². The van der Waals surface area contributed by atoms with Gasteiger partial charge in [0.25, 0.3) is 0 Å². The first-order valence-corrected chi connectivity index (χ1v) is 9.55. The van der Waals surface area contributed by atoms with Crippen molar-refractivity contribution in [2.45, 2.75) is 12.9 Å². The summed E-state index contributed by atoms with van der Waals surface area (Å²) in [5.41, 5.74) is 2.25. The number of hydrogen-bond acceptors (Lipinski definition) is 5. The second-order valence-electron chi connectivity index (χ2n) is 7.34. The number of anilines is 1. The molecular formula is C22H19F3N4O3. The van der Waals surface area contributed by atoms with Crippen molar-refractivity contribution in [1.82, 2.24) is 14.1 Å². The van der Waals surface area contributed by atoms with Crippen molar-refractivity contribution in [3.05, 3.63) is 77.0 Å². The van der Waals surface area contributed by atoms with Crippen LogP contribution in [0.5, 0.6) is 11.6 Å². The highest BCUT2D eigenvalue weighted by atomic mass is 19.4. The summed E-state index contributed by atoms with van der Waals surface area (Å²) >= 11 is 0. The maximum atomic E-state index is 12.9. The molecule has 0 radical (unpaired) electrons. The van der Waals surface area contributed by atoms with Gasteiger partial charge in [0, 0.05) is 31.4 Å². The number of alkyl halides is 3. The Hall–Kier alpha value is -3.95. The van der Waals surface area contributed by atoms with E-state index in [9.17, 15) is 23.1 Å². The van der Waals surface area contributed by atoms with Gasteiger partial charge in [0.2, 0.25) is 5.88 Å². The topological polar surface area (TPSA) is 72.5 Å². The number of hydrogen-bond donors (Lipinski definition) is 1. The molecule has 0 unspecified atom stereocenters. The van der Waals surface area contributed by atoms with Crippen molar-refractivity contribution < 1.29 is 23.0 Å². The van der Waals surface area contributed by atoms with Crippen LogP contribution in [0.15, 0.2) is 65.7 Å². The standard InChI is InChI=1S/C22H19F3N4O3/c1-27(2)16-5-8-18-14(9-10-26-19(18)11-16)12-28-13-20(30)29(21(28)31)15-3-6-17(7-4-15)32-22(23,24)25/h3-11,13,30H,12H2,1-2H3. The summed E-state index contributed by atoms with van der Waals surface area (Å²) in [4.78, 5) is 19.3. The minimum absolute atomic E-state index is 0.176. The zero-order valence-corrected chi connectivity index (χ0v) is 17.2. The fourth-order valence-corrected chi connectivity index (χ4v) is 3.43. The predicted molar refractivity (Wildman–Crippen MR) is 114 cm³/mol. The number of fused-ring (bicyclic) bond motifs is 1. The SMILES string of the molecule is CN(C)c1ccc2c(Cn3cc(O)n(-c4ccc(OC(F)(F)F)cc4)c3=O)ccnc2c1. The molecule has 4 rings (SSSR count). The number of ether oxygens (including phenoxy) is 1. The maximum Gasteiger partial charge on any atom is 0.573 e. The molecule has 2 aromatic heterocycles. The lowest BCUT2D eigenvalue weighted by atomic mass is 10.1. The van der Waals surface area contributed by atoms with E-state index < -0.39 is 17.8 Å². The van der Waals surface area contributed by atoms with E-state index in [-0.39, 0.29) is 18.1 Å². The number of benzene rings is 2. The van der Waals surface area contributed by atoms with Crippen LogP contribution in [-0.2, 0) is 6.54 Å². The molecular weight excluding hydrogens is 425 g/mol. The zero-order valence-electron chi connectivity index (χ0n) is 17.2. The van der Waals surface area contributed by atoms with E-state index in [0.29, 0.717) is 0 Å². The second kappa shape index (κ2) is 7.95. The van der Waals surface area contributed by atoms with E-state index in [4.69, 9.17) is 0 Å². The van der Waals surface area contributed by atoms with Crippen molar-refractivity contribution in [3.8, 4) is 17.3 Å². The van der Waals surface area contributed by atoms with Crippen LogP contribution < -0.4 is 15.3 Å². The zero-order chi connectivity index (χ0) is 23.0. The summed E-state index contributed by atoms with van der Waals surface area (Å²) in [6.07, 6.45) is -1.88. The highest BCUT2D eigenvalue weighted by Crippen LogP contribution is 2.26. The van der Waals surface area contributed by atoms with Crippen LogP contribution in [0.3, 0.4) is 0 Å². The molecule has 32 heavy (non-hydrogen) atoms. The molecule has 0 saturated heterocycles. The second-order valence-corrected chi connectivity index (χ2v) is 7.34. The molecule has 7 nitrogen and oxygen atoms in total. The molecule has 4 aromatic rings. The van der Waals surface area contributed by atoms with Crippen molar-refractivity contribution in [3.63, 3.8) is 0 Å². The third-order valence-corrected chi connectivity index (χ3v) is 4.94. The highest BCUT2D eigenvalue weighted by molar-refractivity contribution is 5.85. The van der Waals surface area contributed by atoms with Gasteiger partial charge < -0.3 is 14.7 Å². The fraction of sp³-hybridized carbons (Fsp3) is 0.182. The first-order valence-electron chi connectivity index (χ1n) is 9.55. The Balaban J connectivity index is 1.66. The number of rotatable bonds is 5. The molecule has 2 heterocycles. The van der Waals surface area contributed by atoms with Gasteiger partial charge in [-0.05, 0) is 48.0 Å². The van der Waals surface area contributed by atoms with Gasteiger partial charge in [0.1, 0.15) is 5.75 Å². The van der Waals surface area contributed by atoms with E-state index in [1.807, 2.05) is 37.2 Å². The third-order valence-electron chi connectivity index (χ3n) is 4.94. The number of halogens is 3. The Morgan fingerprint density at radius 2 is 1.81 bits per heavy atom. The molecule has 0 atom stereocenters. The molecule has 0 saturated carbocycles. The molecule has 166 valence electrons. The number of imidazole rings is 1. The monoisotopic (exact) mass is 444 g/mol. The van der Waals surface area contributed by atoms with Gasteiger partial charge >= 0.3 is 12.1 Å². The van der Waals surface area contributed by atoms with E-state index in [2.05, 4.69) is 9.72 Å². The average molecular weight is 444 g/mol.